The van der Waals surface area contributed by atoms with Crippen LogP contribution in [0.1, 0.15) is 12.0 Å². The van der Waals surface area contributed by atoms with E-state index in [1.54, 1.807) is 35.4 Å². The normalized spacial score (nSPS) is 13.8. The Morgan fingerprint density at radius 2 is 1.81 bits per heavy atom. The molecule has 7 nitrogen and oxygen atoms in total. The fourth-order valence-electron chi connectivity index (χ4n) is 2.81. The minimum Gasteiger partial charge on any atom is -0.353 e. The number of rotatable bonds is 4. The number of nitriles is 1. The van der Waals surface area contributed by atoms with Gasteiger partial charge in [-0.2, -0.15) is 5.26 Å². The minimum atomic E-state index is -0.355. The van der Waals surface area contributed by atoms with Gasteiger partial charge in [0.05, 0.1) is 11.6 Å². The molecule has 1 aliphatic rings. The van der Waals surface area contributed by atoms with E-state index in [1.807, 2.05) is 24.3 Å². The maximum Gasteiger partial charge on any atom is 0.233 e. The van der Waals surface area contributed by atoms with Crippen molar-refractivity contribution in [3.63, 3.8) is 0 Å². The average Bonchev–Trinajstić information content (AvgIpc) is 2.69. The summed E-state index contributed by atoms with van der Waals surface area (Å²) in [5, 5.41) is 11.5. The van der Waals surface area contributed by atoms with Crippen molar-refractivity contribution in [2.45, 2.75) is 6.42 Å². The lowest BCUT2D eigenvalue weighted by molar-refractivity contribution is -0.134. The summed E-state index contributed by atoms with van der Waals surface area (Å²) in [5.74, 6) is 0.363. The fourth-order valence-corrected chi connectivity index (χ4v) is 2.81. The SMILES string of the molecule is N#Cc1ccc(NC(=O)CC(=O)N2CCN(c3ccccn3)CC2)cc1. The summed E-state index contributed by atoms with van der Waals surface area (Å²) in [4.78, 5) is 32.5. The van der Waals surface area contributed by atoms with E-state index in [2.05, 4.69) is 15.2 Å². The molecule has 2 amide bonds. The van der Waals surface area contributed by atoms with E-state index in [0.717, 1.165) is 5.82 Å². The van der Waals surface area contributed by atoms with Crippen LogP contribution in [-0.4, -0.2) is 47.9 Å². The molecular weight excluding hydrogens is 330 g/mol. The molecule has 2 heterocycles. The molecule has 1 fully saturated rings. The Kier molecular flexibility index (Phi) is 5.44. The van der Waals surface area contributed by atoms with Crippen molar-refractivity contribution < 1.29 is 9.59 Å². The number of nitrogens with one attached hydrogen (secondary N) is 1. The van der Waals surface area contributed by atoms with E-state index in [1.165, 1.54) is 0 Å². The van der Waals surface area contributed by atoms with Crippen molar-refractivity contribution in [2.24, 2.45) is 0 Å². The molecule has 1 aromatic carbocycles. The van der Waals surface area contributed by atoms with Crippen molar-refractivity contribution in [3.8, 4) is 6.07 Å². The van der Waals surface area contributed by atoms with Crippen LogP contribution in [0, 0.1) is 11.3 Å². The summed E-state index contributed by atoms with van der Waals surface area (Å²) in [6, 6.07) is 14.3. The summed E-state index contributed by atoms with van der Waals surface area (Å²) in [5.41, 5.74) is 1.09. The third-order valence-electron chi connectivity index (χ3n) is 4.22. The number of carbonyl (C=O) groups is 2. The van der Waals surface area contributed by atoms with Crippen molar-refractivity contribution in [1.29, 1.82) is 5.26 Å². The molecule has 0 spiro atoms. The number of amides is 2. The van der Waals surface area contributed by atoms with Crippen LogP contribution in [0.5, 0.6) is 0 Å². The molecule has 1 aliphatic heterocycles. The van der Waals surface area contributed by atoms with Crippen LogP contribution in [0.4, 0.5) is 11.5 Å². The van der Waals surface area contributed by atoms with Crippen LogP contribution in [0.2, 0.25) is 0 Å². The van der Waals surface area contributed by atoms with Gasteiger partial charge in [0.15, 0.2) is 0 Å². The second-order valence-corrected chi connectivity index (χ2v) is 5.97. The number of anilines is 2. The minimum absolute atomic E-state index is 0.184. The maximum absolute atomic E-state index is 12.3. The molecule has 1 aromatic heterocycles. The molecule has 132 valence electrons. The van der Waals surface area contributed by atoms with Gasteiger partial charge in [-0.3, -0.25) is 9.59 Å². The molecule has 2 aromatic rings. The molecule has 0 aliphatic carbocycles. The first-order chi connectivity index (χ1) is 12.7. The lowest BCUT2D eigenvalue weighted by atomic mass is 10.2. The number of benzene rings is 1. The number of piperazine rings is 1. The predicted molar refractivity (Wildman–Crippen MR) is 97.4 cm³/mol. The number of pyridine rings is 1. The second-order valence-electron chi connectivity index (χ2n) is 5.97. The predicted octanol–water partition coefficient (Wildman–Crippen LogP) is 1.63. The zero-order chi connectivity index (χ0) is 18.4. The second kappa shape index (κ2) is 8.12. The Bertz CT molecular complexity index is 806. The van der Waals surface area contributed by atoms with Crippen molar-refractivity contribution in [2.75, 3.05) is 36.4 Å². The third kappa shape index (κ3) is 4.36. The van der Waals surface area contributed by atoms with E-state index in [9.17, 15) is 9.59 Å². The van der Waals surface area contributed by atoms with Crippen molar-refractivity contribution >= 4 is 23.3 Å². The summed E-state index contributed by atoms with van der Waals surface area (Å²) in [7, 11) is 0. The van der Waals surface area contributed by atoms with Gasteiger partial charge in [-0.1, -0.05) is 6.07 Å². The fraction of sp³-hybridized carbons (Fsp3) is 0.263. The number of hydrogen-bond acceptors (Lipinski definition) is 5. The molecule has 3 rings (SSSR count). The standard InChI is InChI=1S/C19H19N5O2/c20-14-15-4-6-16(7-5-15)22-18(25)13-19(26)24-11-9-23(10-12-24)17-3-1-2-8-21-17/h1-8H,9-13H2,(H,22,25). The highest BCUT2D eigenvalue weighted by atomic mass is 16.2. The number of carbonyl (C=O) groups excluding carboxylic acids is 2. The molecule has 0 unspecified atom stereocenters. The first kappa shape index (κ1) is 17.4. The molecular formula is C19H19N5O2. The molecule has 1 N–H and O–H groups in total. The van der Waals surface area contributed by atoms with Crippen molar-refractivity contribution in [1.82, 2.24) is 9.88 Å². The van der Waals surface area contributed by atoms with Gasteiger partial charge in [-0.05, 0) is 36.4 Å². The van der Waals surface area contributed by atoms with E-state index in [-0.39, 0.29) is 18.2 Å². The number of nitrogens with zero attached hydrogens (tertiary/aromatic N) is 4. The maximum atomic E-state index is 12.3. The van der Waals surface area contributed by atoms with Crippen LogP contribution < -0.4 is 10.2 Å². The smallest absolute Gasteiger partial charge is 0.233 e. The molecule has 26 heavy (non-hydrogen) atoms. The average molecular weight is 349 g/mol. The van der Waals surface area contributed by atoms with Crippen LogP contribution in [0.25, 0.3) is 0 Å². The number of aromatic nitrogens is 1. The molecule has 1 saturated heterocycles. The molecule has 0 saturated carbocycles. The Balaban J connectivity index is 1.47. The molecule has 0 atom stereocenters. The van der Waals surface area contributed by atoms with Gasteiger partial charge < -0.3 is 15.1 Å². The van der Waals surface area contributed by atoms with Gasteiger partial charge in [-0.15, -0.1) is 0 Å². The monoisotopic (exact) mass is 349 g/mol. The Morgan fingerprint density at radius 3 is 2.42 bits per heavy atom. The first-order valence-electron chi connectivity index (χ1n) is 8.39. The Morgan fingerprint density at radius 1 is 1.08 bits per heavy atom. The molecule has 0 radical (unpaired) electrons. The van der Waals surface area contributed by atoms with E-state index < -0.39 is 0 Å². The van der Waals surface area contributed by atoms with Gasteiger partial charge >= 0.3 is 0 Å². The van der Waals surface area contributed by atoms with Crippen LogP contribution in [-0.2, 0) is 9.59 Å². The largest absolute Gasteiger partial charge is 0.353 e. The lowest BCUT2D eigenvalue weighted by Crippen LogP contribution is -2.49. The summed E-state index contributed by atoms with van der Waals surface area (Å²) in [6.45, 7) is 2.53. The summed E-state index contributed by atoms with van der Waals surface area (Å²) >= 11 is 0. The lowest BCUT2D eigenvalue weighted by Gasteiger charge is -2.35. The topological polar surface area (TPSA) is 89.3 Å². The first-order valence-corrected chi connectivity index (χ1v) is 8.39. The Hall–Kier alpha value is -3.40. The zero-order valence-corrected chi connectivity index (χ0v) is 14.3. The molecule has 7 heteroatoms. The van der Waals surface area contributed by atoms with E-state index in [4.69, 9.17) is 5.26 Å². The quantitative estimate of drug-likeness (QED) is 0.848. The van der Waals surface area contributed by atoms with Crippen LogP contribution in [0.3, 0.4) is 0 Å². The highest BCUT2D eigenvalue weighted by Crippen LogP contribution is 2.14. The Labute approximate surface area is 151 Å². The van der Waals surface area contributed by atoms with E-state index >= 15 is 0 Å². The summed E-state index contributed by atoms with van der Waals surface area (Å²) < 4.78 is 0. The molecule has 0 bridgehead atoms. The number of hydrogen-bond donors (Lipinski definition) is 1. The van der Waals surface area contributed by atoms with Crippen LogP contribution >= 0.6 is 0 Å². The van der Waals surface area contributed by atoms with Crippen molar-refractivity contribution in [3.05, 3.63) is 54.2 Å². The van der Waals surface area contributed by atoms with Crippen LogP contribution in [0.15, 0.2) is 48.7 Å². The van der Waals surface area contributed by atoms with Gasteiger partial charge in [0.2, 0.25) is 11.8 Å². The van der Waals surface area contributed by atoms with Gasteiger partial charge in [-0.25, -0.2) is 4.98 Å². The van der Waals surface area contributed by atoms with Gasteiger partial charge in [0.25, 0.3) is 0 Å². The summed E-state index contributed by atoms with van der Waals surface area (Å²) in [6.07, 6.45) is 1.56. The van der Waals surface area contributed by atoms with Gasteiger partial charge in [0, 0.05) is 38.1 Å². The highest BCUT2D eigenvalue weighted by Gasteiger charge is 2.23. The zero-order valence-electron chi connectivity index (χ0n) is 14.3. The van der Waals surface area contributed by atoms with Gasteiger partial charge in [0.1, 0.15) is 12.2 Å². The van der Waals surface area contributed by atoms with E-state index in [0.29, 0.717) is 37.4 Å². The third-order valence-corrected chi connectivity index (χ3v) is 4.22. The highest BCUT2D eigenvalue weighted by molar-refractivity contribution is 6.03.